The zero-order valence-electron chi connectivity index (χ0n) is 17.0. The number of nitrogens with one attached hydrogen (secondary N) is 1. The molecule has 0 aliphatic heterocycles. The van der Waals surface area contributed by atoms with E-state index in [1.807, 2.05) is 12.1 Å². The van der Waals surface area contributed by atoms with Gasteiger partial charge in [0.15, 0.2) is 11.4 Å². The number of carbonyl (C=O) groups is 1. The number of pyridine rings is 1. The van der Waals surface area contributed by atoms with Gasteiger partial charge in [-0.25, -0.2) is 9.67 Å². The van der Waals surface area contributed by atoms with Gasteiger partial charge in [0.25, 0.3) is 5.91 Å². The van der Waals surface area contributed by atoms with Crippen LogP contribution in [0.15, 0.2) is 60.8 Å². The summed E-state index contributed by atoms with van der Waals surface area (Å²) < 4.78 is 12.5. The Kier molecular flexibility index (Phi) is 6.25. The summed E-state index contributed by atoms with van der Waals surface area (Å²) in [6.45, 7) is 1.76. The largest absolute Gasteiger partial charge is 0.497 e. The minimum Gasteiger partial charge on any atom is -0.497 e. The molecule has 0 aliphatic carbocycles. The van der Waals surface area contributed by atoms with Gasteiger partial charge in [0.2, 0.25) is 5.88 Å². The van der Waals surface area contributed by atoms with Gasteiger partial charge < -0.3 is 14.8 Å². The lowest BCUT2D eigenvalue weighted by Crippen LogP contribution is -2.14. The maximum absolute atomic E-state index is 12.9. The fourth-order valence-corrected chi connectivity index (χ4v) is 3.35. The summed E-state index contributed by atoms with van der Waals surface area (Å²) in [5.41, 5.74) is 1.93. The van der Waals surface area contributed by atoms with Crippen LogP contribution in [0.2, 0.25) is 10.0 Å². The van der Waals surface area contributed by atoms with Crippen LogP contribution in [0.3, 0.4) is 0 Å². The van der Waals surface area contributed by atoms with E-state index in [2.05, 4.69) is 20.6 Å². The first kappa shape index (κ1) is 21.6. The predicted octanol–water partition coefficient (Wildman–Crippen LogP) is 5.33. The van der Waals surface area contributed by atoms with Crippen LogP contribution < -0.4 is 14.8 Å². The number of amides is 1. The lowest BCUT2D eigenvalue weighted by Gasteiger charge is -2.12. The van der Waals surface area contributed by atoms with Gasteiger partial charge in [0.05, 0.1) is 29.2 Å². The van der Waals surface area contributed by atoms with E-state index >= 15 is 0 Å². The van der Waals surface area contributed by atoms with Crippen LogP contribution in [0.4, 0.5) is 5.69 Å². The number of benzene rings is 2. The highest BCUT2D eigenvalue weighted by molar-refractivity contribution is 6.35. The second kappa shape index (κ2) is 9.25. The molecule has 32 heavy (non-hydrogen) atoms. The first-order valence-corrected chi connectivity index (χ1v) is 10.2. The van der Waals surface area contributed by atoms with Crippen molar-refractivity contribution < 1.29 is 14.3 Å². The SMILES string of the molecule is COc1ccc(-n2nnc(C(=O)Nc3ccccc3Oc3ncc(Cl)cc3Cl)c2C)cc1. The van der Waals surface area contributed by atoms with Crippen molar-refractivity contribution in [1.82, 2.24) is 20.0 Å². The van der Waals surface area contributed by atoms with Crippen LogP contribution in [-0.2, 0) is 0 Å². The van der Waals surface area contributed by atoms with Crippen molar-refractivity contribution in [2.24, 2.45) is 0 Å². The molecule has 0 spiro atoms. The molecule has 0 saturated heterocycles. The third-order valence-electron chi connectivity index (χ3n) is 4.54. The molecule has 2 aromatic heterocycles. The number of aromatic nitrogens is 4. The van der Waals surface area contributed by atoms with Gasteiger partial charge in [-0.2, -0.15) is 0 Å². The zero-order valence-corrected chi connectivity index (χ0v) is 18.6. The Morgan fingerprint density at radius 2 is 1.84 bits per heavy atom. The van der Waals surface area contributed by atoms with Crippen LogP contribution in [-0.4, -0.2) is 33.0 Å². The number of halogens is 2. The fraction of sp³-hybridized carbons (Fsp3) is 0.0909. The monoisotopic (exact) mass is 469 g/mol. The number of hydrogen-bond acceptors (Lipinski definition) is 6. The molecule has 0 fully saturated rings. The van der Waals surface area contributed by atoms with E-state index in [1.165, 1.54) is 12.3 Å². The highest BCUT2D eigenvalue weighted by Crippen LogP contribution is 2.33. The Labute approximate surface area is 193 Å². The summed E-state index contributed by atoms with van der Waals surface area (Å²) in [7, 11) is 1.59. The van der Waals surface area contributed by atoms with Crippen molar-refractivity contribution in [2.45, 2.75) is 6.92 Å². The van der Waals surface area contributed by atoms with Crippen LogP contribution in [0.5, 0.6) is 17.4 Å². The second-order valence-electron chi connectivity index (χ2n) is 6.63. The van der Waals surface area contributed by atoms with Crippen LogP contribution in [0.1, 0.15) is 16.2 Å². The summed E-state index contributed by atoms with van der Waals surface area (Å²) in [6.07, 6.45) is 1.42. The highest BCUT2D eigenvalue weighted by atomic mass is 35.5. The Bertz CT molecular complexity index is 1280. The quantitative estimate of drug-likeness (QED) is 0.410. The van der Waals surface area contributed by atoms with Crippen molar-refractivity contribution in [1.29, 1.82) is 0 Å². The van der Waals surface area contributed by atoms with Gasteiger partial charge in [-0.15, -0.1) is 5.10 Å². The molecule has 0 aliphatic rings. The lowest BCUT2D eigenvalue weighted by molar-refractivity contribution is 0.102. The van der Waals surface area contributed by atoms with Crippen molar-refractivity contribution in [2.75, 3.05) is 12.4 Å². The maximum atomic E-state index is 12.9. The Hall–Kier alpha value is -3.62. The van der Waals surface area contributed by atoms with Crippen molar-refractivity contribution in [3.05, 3.63) is 82.2 Å². The predicted molar refractivity (Wildman–Crippen MR) is 121 cm³/mol. The number of ether oxygens (including phenoxy) is 2. The molecule has 2 heterocycles. The van der Waals surface area contributed by atoms with Crippen molar-refractivity contribution in [3.8, 4) is 23.1 Å². The van der Waals surface area contributed by atoms with Gasteiger partial charge in [0.1, 0.15) is 10.8 Å². The van der Waals surface area contributed by atoms with E-state index < -0.39 is 5.91 Å². The molecular formula is C22H17Cl2N5O3. The van der Waals surface area contributed by atoms with E-state index in [-0.39, 0.29) is 16.6 Å². The molecular weight excluding hydrogens is 453 g/mol. The van der Waals surface area contributed by atoms with Gasteiger partial charge in [-0.05, 0) is 49.4 Å². The van der Waals surface area contributed by atoms with E-state index in [4.69, 9.17) is 32.7 Å². The van der Waals surface area contributed by atoms with Gasteiger partial charge in [-0.3, -0.25) is 4.79 Å². The second-order valence-corrected chi connectivity index (χ2v) is 7.47. The molecule has 1 amide bonds. The summed E-state index contributed by atoms with van der Waals surface area (Å²) in [5, 5.41) is 11.6. The number of rotatable bonds is 6. The van der Waals surface area contributed by atoms with Crippen molar-refractivity contribution >= 4 is 34.8 Å². The Morgan fingerprint density at radius 3 is 2.56 bits per heavy atom. The average molecular weight is 470 g/mol. The minimum atomic E-state index is -0.437. The number of methoxy groups -OCH3 is 1. The van der Waals surface area contributed by atoms with Crippen LogP contribution in [0.25, 0.3) is 5.69 Å². The van der Waals surface area contributed by atoms with E-state index in [9.17, 15) is 4.79 Å². The lowest BCUT2D eigenvalue weighted by atomic mass is 10.2. The number of para-hydroxylation sites is 2. The third-order valence-corrected chi connectivity index (χ3v) is 5.02. The molecule has 10 heteroatoms. The van der Waals surface area contributed by atoms with E-state index in [0.717, 1.165) is 11.4 Å². The zero-order chi connectivity index (χ0) is 22.7. The molecule has 4 aromatic rings. The summed E-state index contributed by atoms with van der Waals surface area (Å²) >= 11 is 12.0. The molecule has 1 N–H and O–H groups in total. The maximum Gasteiger partial charge on any atom is 0.278 e. The molecule has 0 radical (unpaired) electrons. The highest BCUT2D eigenvalue weighted by Gasteiger charge is 2.19. The molecule has 2 aromatic carbocycles. The fourth-order valence-electron chi connectivity index (χ4n) is 2.93. The van der Waals surface area contributed by atoms with Crippen LogP contribution in [0, 0.1) is 6.92 Å². The average Bonchev–Trinajstić information content (AvgIpc) is 3.18. The summed E-state index contributed by atoms with van der Waals surface area (Å²) in [6, 6.07) is 15.7. The standard InChI is InChI=1S/C22H17Cl2N5O3/c1-13-20(27-28-29(13)15-7-9-16(31-2)10-8-15)21(30)26-18-5-3-4-6-19(18)32-22-17(24)11-14(23)12-25-22/h3-12H,1-2H3,(H,26,30). The molecule has 0 atom stereocenters. The number of nitrogens with zero attached hydrogens (tertiary/aromatic N) is 4. The molecule has 8 nitrogen and oxygen atoms in total. The topological polar surface area (TPSA) is 91.2 Å². The summed E-state index contributed by atoms with van der Waals surface area (Å²) in [5.74, 6) is 0.807. The molecule has 0 bridgehead atoms. The number of hydrogen-bond donors (Lipinski definition) is 1. The molecule has 0 unspecified atom stereocenters. The van der Waals surface area contributed by atoms with E-state index in [0.29, 0.717) is 22.2 Å². The molecule has 4 rings (SSSR count). The molecule has 162 valence electrons. The van der Waals surface area contributed by atoms with Gasteiger partial charge >= 0.3 is 0 Å². The Balaban J connectivity index is 1.56. The van der Waals surface area contributed by atoms with E-state index in [1.54, 1.807) is 55.1 Å². The third kappa shape index (κ3) is 4.51. The van der Waals surface area contributed by atoms with Crippen LogP contribution >= 0.6 is 23.2 Å². The normalized spacial score (nSPS) is 10.6. The molecule has 0 saturated carbocycles. The smallest absolute Gasteiger partial charge is 0.278 e. The summed E-state index contributed by atoms with van der Waals surface area (Å²) in [4.78, 5) is 17.0. The van der Waals surface area contributed by atoms with Gasteiger partial charge in [-0.1, -0.05) is 40.5 Å². The number of anilines is 1. The minimum absolute atomic E-state index is 0.166. The number of carbonyl (C=O) groups excluding carboxylic acids is 1. The van der Waals surface area contributed by atoms with Crippen molar-refractivity contribution in [3.63, 3.8) is 0 Å². The first-order chi connectivity index (χ1) is 15.5. The first-order valence-electron chi connectivity index (χ1n) is 9.42. The van der Waals surface area contributed by atoms with Gasteiger partial charge in [0, 0.05) is 6.20 Å². The Morgan fingerprint density at radius 1 is 1.09 bits per heavy atom.